The lowest BCUT2D eigenvalue weighted by Gasteiger charge is -2.16. The Morgan fingerprint density at radius 1 is 1.03 bits per heavy atom. The van der Waals surface area contributed by atoms with E-state index in [1.807, 2.05) is 45.1 Å². The Balaban J connectivity index is 2.63. The van der Waals surface area contributed by atoms with Crippen LogP contribution in [0.4, 0.5) is 4.39 Å². The summed E-state index contributed by atoms with van der Waals surface area (Å²) in [5.74, 6) is 0.500. The first kappa shape index (κ1) is 29.1. The van der Waals surface area contributed by atoms with Crippen LogP contribution in [0.2, 0.25) is 0 Å². The fraction of sp³-hybridized carbons (Fsp3) is 0.414. The van der Waals surface area contributed by atoms with Gasteiger partial charge in [0.15, 0.2) is 5.78 Å². The lowest BCUT2D eigenvalue weighted by atomic mass is 9.89. The molecule has 0 amide bonds. The number of alkyl halides is 1. The van der Waals surface area contributed by atoms with Gasteiger partial charge in [-0.25, -0.2) is 4.39 Å². The molecule has 0 aromatic rings. The van der Waals surface area contributed by atoms with Crippen LogP contribution in [0.3, 0.4) is 0 Å². The normalized spacial score (nSPS) is 20.5. The second-order valence-corrected chi connectivity index (χ2v) is 8.76. The predicted octanol–water partition coefficient (Wildman–Crippen LogP) is 5.99. The number of ketones is 1. The van der Waals surface area contributed by atoms with E-state index in [1.165, 1.54) is 11.6 Å². The van der Waals surface area contributed by atoms with Crippen LogP contribution >= 0.6 is 0 Å². The molecule has 0 radical (unpaired) electrons. The lowest BCUT2D eigenvalue weighted by Crippen LogP contribution is -2.31. The predicted molar refractivity (Wildman–Crippen MR) is 142 cm³/mol. The molecule has 0 aromatic heterocycles. The van der Waals surface area contributed by atoms with Crippen LogP contribution in [-0.2, 0) is 4.79 Å². The van der Waals surface area contributed by atoms with Gasteiger partial charge in [-0.3, -0.25) is 4.79 Å². The number of Topliss-reactive ketones (excluding diaryl/α,β-unsaturated/α-hetero) is 1. The number of aliphatic hydroxyl groups is 1. The third-order valence-corrected chi connectivity index (χ3v) is 5.97. The lowest BCUT2D eigenvalue weighted by molar-refractivity contribution is -0.122. The highest BCUT2D eigenvalue weighted by molar-refractivity contribution is 5.79. The first-order chi connectivity index (χ1) is 16.2. The summed E-state index contributed by atoms with van der Waals surface area (Å²) in [4.78, 5) is 11.4. The van der Waals surface area contributed by atoms with Gasteiger partial charge in [-0.15, -0.1) is 0 Å². The summed E-state index contributed by atoms with van der Waals surface area (Å²) >= 11 is 0. The zero-order valence-electron chi connectivity index (χ0n) is 21.2. The summed E-state index contributed by atoms with van der Waals surface area (Å²) in [6.07, 6.45) is 15.4. The van der Waals surface area contributed by atoms with Crippen LogP contribution in [0.15, 0.2) is 96.0 Å². The number of allylic oxidation sites excluding steroid dienone is 9. The Labute approximate surface area is 205 Å². The van der Waals surface area contributed by atoms with E-state index in [-0.39, 0.29) is 24.5 Å². The summed E-state index contributed by atoms with van der Waals surface area (Å²) in [5.41, 5.74) is 5.17. The number of carbonyl (C=O) groups is 1. The second kappa shape index (κ2) is 15.1. The average Bonchev–Trinajstić information content (AvgIpc) is 3.24. The molecule has 4 nitrogen and oxygen atoms in total. The van der Waals surface area contributed by atoms with Gasteiger partial charge in [-0.05, 0) is 66.9 Å². The Bertz CT molecular complexity index is 905. The molecule has 0 spiro atoms. The van der Waals surface area contributed by atoms with Crippen molar-refractivity contribution in [2.75, 3.05) is 13.3 Å². The SMILES string of the molecule is C=C(/C=C\C(=C)C1NC(=C/C)/C(=C\CF)N1)C(=C)/C=C\C(=C/C)C(C)CCC(C)CC(=O)CO. The number of carbonyl (C=O) groups excluding carboxylic acids is 1. The fourth-order valence-electron chi connectivity index (χ4n) is 3.69. The number of aliphatic hydroxyl groups excluding tert-OH is 1. The number of hydrogen-bond donors (Lipinski definition) is 3. The molecular formula is C29H41FN2O2. The maximum Gasteiger partial charge on any atom is 0.158 e. The minimum Gasteiger partial charge on any atom is -0.389 e. The fourth-order valence-corrected chi connectivity index (χ4v) is 3.69. The van der Waals surface area contributed by atoms with E-state index in [0.717, 1.165) is 41.0 Å². The Morgan fingerprint density at radius 3 is 2.21 bits per heavy atom. The molecule has 1 heterocycles. The number of nitrogens with one attached hydrogen (secondary N) is 2. The van der Waals surface area contributed by atoms with E-state index in [9.17, 15) is 9.18 Å². The molecule has 186 valence electrons. The van der Waals surface area contributed by atoms with Gasteiger partial charge in [0.2, 0.25) is 0 Å². The van der Waals surface area contributed by atoms with E-state index in [2.05, 4.69) is 49.4 Å². The quantitative estimate of drug-likeness (QED) is 0.274. The summed E-state index contributed by atoms with van der Waals surface area (Å²) in [6, 6.07) is 0. The average molecular weight is 469 g/mol. The highest BCUT2D eigenvalue weighted by Crippen LogP contribution is 2.23. The molecule has 3 unspecified atom stereocenters. The summed E-state index contributed by atoms with van der Waals surface area (Å²) < 4.78 is 12.7. The molecule has 1 rings (SSSR count). The molecule has 1 aliphatic rings. The summed E-state index contributed by atoms with van der Waals surface area (Å²) in [5, 5.41) is 15.4. The van der Waals surface area contributed by atoms with Crippen molar-refractivity contribution in [3.63, 3.8) is 0 Å². The van der Waals surface area contributed by atoms with Crippen LogP contribution in [0.25, 0.3) is 0 Å². The number of halogens is 1. The highest BCUT2D eigenvalue weighted by atomic mass is 19.1. The van der Waals surface area contributed by atoms with E-state index >= 15 is 0 Å². The molecule has 1 aliphatic heterocycles. The van der Waals surface area contributed by atoms with Gasteiger partial charge in [-0.2, -0.15) is 0 Å². The molecule has 1 saturated heterocycles. The molecule has 3 atom stereocenters. The Hall–Kier alpha value is -2.92. The van der Waals surface area contributed by atoms with Crippen LogP contribution < -0.4 is 10.6 Å². The molecule has 3 N–H and O–H groups in total. The number of hydrogen-bond acceptors (Lipinski definition) is 4. The topological polar surface area (TPSA) is 61.4 Å². The third-order valence-electron chi connectivity index (χ3n) is 5.97. The van der Waals surface area contributed by atoms with E-state index in [4.69, 9.17) is 5.11 Å². The van der Waals surface area contributed by atoms with Gasteiger partial charge >= 0.3 is 0 Å². The minimum absolute atomic E-state index is 0.102. The first-order valence-electron chi connectivity index (χ1n) is 11.8. The van der Waals surface area contributed by atoms with Crippen LogP contribution in [0.1, 0.15) is 47.0 Å². The summed E-state index contributed by atoms with van der Waals surface area (Å²) in [6.45, 7) is 19.6. The van der Waals surface area contributed by atoms with Crippen molar-refractivity contribution in [3.8, 4) is 0 Å². The maximum absolute atomic E-state index is 12.7. The first-order valence-corrected chi connectivity index (χ1v) is 11.8. The maximum atomic E-state index is 12.7. The standard InChI is InChI=1S/C29H41FN2O2/c1-8-25(23(6)11-10-20(3)18-26(34)19-33)15-14-22(5)21(4)12-13-24(7)29-31-27(9-2)28(32-29)16-17-30/h8-9,12-16,20,23,29,31-33H,4-5,7,10-11,17-19H2,1-3,6H3/b13-12-,15-14-,25-8+,27-9+,28-16+. The van der Waals surface area contributed by atoms with Gasteiger partial charge in [0, 0.05) is 6.42 Å². The molecule has 0 aliphatic carbocycles. The van der Waals surface area contributed by atoms with Crippen LogP contribution in [-0.4, -0.2) is 30.3 Å². The molecule has 1 fully saturated rings. The van der Waals surface area contributed by atoms with Crippen LogP contribution in [0.5, 0.6) is 0 Å². The van der Waals surface area contributed by atoms with Crippen molar-refractivity contribution in [3.05, 3.63) is 96.0 Å². The molecule has 5 heteroatoms. The minimum atomic E-state index is -0.533. The van der Waals surface area contributed by atoms with Gasteiger partial charge in [-0.1, -0.05) is 70.0 Å². The Kier molecular flexibility index (Phi) is 12.9. The molecule has 0 bridgehead atoms. The largest absolute Gasteiger partial charge is 0.389 e. The van der Waals surface area contributed by atoms with E-state index in [1.54, 1.807) is 0 Å². The summed E-state index contributed by atoms with van der Waals surface area (Å²) in [7, 11) is 0. The third kappa shape index (κ3) is 9.52. The van der Waals surface area contributed by atoms with Gasteiger partial charge < -0.3 is 15.7 Å². The van der Waals surface area contributed by atoms with Crippen molar-refractivity contribution in [1.29, 1.82) is 0 Å². The van der Waals surface area contributed by atoms with Crippen molar-refractivity contribution in [1.82, 2.24) is 10.6 Å². The molecule has 0 aromatic carbocycles. The van der Waals surface area contributed by atoms with Gasteiger partial charge in [0.05, 0.1) is 11.4 Å². The van der Waals surface area contributed by atoms with E-state index < -0.39 is 6.67 Å². The smallest absolute Gasteiger partial charge is 0.158 e. The van der Waals surface area contributed by atoms with Gasteiger partial charge in [0.25, 0.3) is 0 Å². The van der Waals surface area contributed by atoms with E-state index in [0.29, 0.717) is 12.3 Å². The zero-order valence-corrected chi connectivity index (χ0v) is 21.2. The second-order valence-electron chi connectivity index (χ2n) is 8.76. The Morgan fingerprint density at radius 2 is 1.65 bits per heavy atom. The monoisotopic (exact) mass is 468 g/mol. The molecule has 0 saturated carbocycles. The zero-order chi connectivity index (χ0) is 25.7. The highest BCUT2D eigenvalue weighted by Gasteiger charge is 2.22. The molecule has 34 heavy (non-hydrogen) atoms. The number of rotatable bonds is 14. The van der Waals surface area contributed by atoms with Gasteiger partial charge in [0.1, 0.15) is 19.4 Å². The molecular weight excluding hydrogens is 427 g/mol. The van der Waals surface area contributed by atoms with Crippen molar-refractivity contribution in [2.45, 2.75) is 53.1 Å². The van der Waals surface area contributed by atoms with Crippen molar-refractivity contribution in [2.24, 2.45) is 11.8 Å². The van der Waals surface area contributed by atoms with Crippen molar-refractivity contribution < 1.29 is 14.3 Å². The van der Waals surface area contributed by atoms with Crippen LogP contribution in [0, 0.1) is 11.8 Å². The van der Waals surface area contributed by atoms with Crippen molar-refractivity contribution >= 4 is 5.78 Å².